The van der Waals surface area contributed by atoms with Crippen LogP contribution in [0.2, 0.25) is 0 Å². The summed E-state index contributed by atoms with van der Waals surface area (Å²) in [4.78, 5) is 26.0. The number of carboxylic acid groups (broad SMARTS) is 1. The fourth-order valence-corrected chi connectivity index (χ4v) is 2.70. The molecule has 0 atom stereocenters. The lowest BCUT2D eigenvalue weighted by atomic mass is 10.1. The van der Waals surface area contributed by atoms with Crippen molar-refractivity contribution in [2.75, 3.05) is 5.32 Å². The van der Waals surface area contributed by atoms with Gasteiger partial charge in [-0.1, -0.05) is 18.2 Å². The molecule has 24 heavy (non-hydrogen) atoms. The van der Waals surface area contributed by atoms with E-state index in [4.69, 9.17) is 5.11 Å². The van der Waals surface area contributed by atoms with Gasteiger partial charge >= 0.3 is 5.97 Å². The Labute approximate surface area is 139 Å². The minimum absolute atomic E-state index is 0.0714. The van der Waals surface area contributed by atoms with Crippen molar-refractivity contribution >= 4 is 28.5 Å². The number of H-pyrrole nitrogens is 1. The van der Waals surface area contributed by atoms with Crippen molar-refractivity contribution in [2.45, 2.75) is 19.3 Å². The van der Waals surface area contributed by atoms with E-state index >= 15 is 0 Å². The molecular weight excluding hydrogens is 304 g/mol. The normalized spacial score (nSPS) is 10.7. The van der Waals surface area contributed by atoms with Crippen LogP contribution in [0.25, 0.3) is 10.9 Å². The van der Waals surface area contributed by atoms with E-state index in [2.05, 4.69) is 16.4 Å². The summed E-state index contributed by atoms with van der Waals surface area (Å²) in [6, 6.07) is 14.3. The quantitative estimate of drug-likeness (QED) is 0.645. The number of carbonyl (C=O) groups excluding carboxylic acids is 1. The van der Waals surface area contributed by atoms with E-state index in [1.54, 1.807) is 12.1 Å². The summed E-state index contributed by atoms with van der Waals surface area (Å²) in [6.07, 6.45) is 3.99. The summed E-state index contributed by atoms with van der Waals surface area (Å²) in [6.45, 7) is 0. The highest BCUT2D eigenvalue weighted by molar-refractivity contribution is 5.92. The number of nitrogens with one attached hydrogen (secondary N) is 2. The Balaban J connectivity index is 1.51. The van der Waals surface area contributed by atoms with Crippen LogP contribution in [0, 0.1) is 0 Å². The number of hydrogen-bond acceptors (Lipinski definition) is 2. The maximum Gasteiger partial charge on any atom is 0.335 e. The third kappa shape index (κ3) is 3.63. The molecular formula is C19H18N2O3. The number of anilines is 1. The summed E-state index contributed by atoms with van der Waals surface area (Å²) >= 11 is 0. The van der Waals surface area contributed by atoms with E-state index in [0.717, 1.165) is 18.4 Å². The number of para-hydroxylation sites is 1. The van der Waals surface area contributed by atoms with E-state index in [9.17, 15) is 9.59 Å². The number of amides is 1. The van der Waals surface area contributed by atoms with E-state index < -0.39 is 5.97 Å². The minimum atomic E-state index is -0.980. The van der Waals surface area contributed by atoms with E-state index in [1.165, 1.54) is 23.1 Å². The first-order valence-electron chi connectivity index (χ1n) is 7.82. The van der Waals surface area contributed by atoms with Crippen LogP contribution >= 0.6 is 0 Å². The molecule has 0 bridgehead atoms. The van der Waals surface area contributed by atoms with E-state index in [0.29, 0.717) is 12.1 Å². The standard InChI is InChI=1S/C19H18N2O3/c22-18(21-15-10-8-13(9-11-15)19(23)24)7-3-4-14-12-20-17-6-2-1-5-16(14)17/h1-2,5-6,8-12,20H,3-4,7H2,(H,21,22)(H,23,24). The second kappa shape index (κ2) is 7.00. The number of aromatic nitrogens is 1. The summed E-state index contributed by atoms with van der Waals surface area (Å²) < 4.78 is 0. The Morgan fingerprint density at radius 3 is 2.54 bits per heavy atom. The van der Waals surface area contributed by atoms with E-state index in [1.807, 2.05) is 24.4 Å². The fraction of sp³-hybridized carbons (Fsp3) is 0.158. The second-order valence-electron chi connectivity index (χ2n) is 5.64. The molecule has 2 aromatic carbocycles. The van der Waals surface area contributed by atoms with Gasteiger partial charge in [0.1, 0.15) is 0 Å². The lowest BCUT2D eigenvalue weighted by Crippen LogP contribution is -2.11. The van der Waals surface area contributed by atoms with Gasteiger partial charge in [-0.15, -0.1) is 0 Å². The van der Waals surface area contributed by atoms with Gasteiger partial charge in [0.2, 0.25) is 5.91 Å². The van der Waals surface area contributed by atoms with Gasteiger partial charge in [-0.2, -0.15) is 0 Å². The fourth-order valence-electron chi connectivity index (χ4n) is 2.70. The molecule has 0 radical (unpaired) electrons. The van der Waals surface area contributed by atoms with E-state index in [-0.39, 0.29) is 11.5 Å². The van der Waals surface area contributed by atoms with Crippen molar-refractivity contribution < 1.29 is 14.7 Å². The first kappa shape index (κ1) is 15.8. The molecule has 3 aromatic rings. The maximum absolute atomic E-state index is 12.0. The number of carbonyl (C=O) groups is 2. The van der Waals surface area contributed by atoms with Crippen molar-refractivity contribution in [3.8, 4) is 0 Å². The monoisotopic (exact) mass is 322 g/mol. The summed E-state index contributed by atoms with van der Waals surface area (Å²) in [5.41, 5.74) is 3.13. The second-order valence-corrected chi connectivity index (χ2v) is 5.64. The number of aromatic amines is 1. The first-order chi connectivity index (χ1) is 11.6. The van der Waals surface area contributed by atoms with Crippen LogP contribution in [0.5, 0.6) is 0 Å². The predicted octanol–water partition coefficient (Wildman–Crippen LogP) is 3.83. The van der Waals surface area contributed by atoms with Crippen LogP contribution in [0.1, 0.15) is 28.8 Å². The molecule has 0 saturated heterocycles. The highest BCUT2D eigenvalue weighted by Crippen LogP contribution is 2.19. The highest BCUT2D eigenvalue weighted by atomic mass is 16.4. The first-order valence-corrected chi connectivity index (χ1v) is 7.82. The number of carboxylic acids is 1. The van der Waals surface area contributed by atoms with Gasteiger partial charge in [0, 0.05) is 29.2 Å². The van der Waals surface area contributed by atoms with Gasteiger partial charge in [0.25, 0.3) is 0 Å². The topological polar surface area (TPSA) is 82.2 Å². The molecule has 0 aliphatic rings. The molecule has 0 spiro atoms. The van der Waals surface area contributed by atoms with Crippen molar-refractivity contribution in [1.29, 1.82) is 0 Å². The largest absolute Gasteiger partial charge is 0.478 e. The number of benzene rings is 2. The molecule has 0 aliphatic carbocycles. The molecule has 3 N–H and O–H groups in total. The average Bonchev–Trinajstić information content (AvgIpc) is 2.99. The average molecular weight is 322 g/mol. The van der Waals surface area contributed by atoms with Gasteiger partial charge in [-0.25, -0.2) is 4.79 Å². The number of fused-ring (bicyclic) bond motifs is 1. The summed E-state index contributed by atoms with van der Waals surface area (Å²) in [7, 11) is 0. The van der Waals surface area contributed by atoms with Crippen LogP contribution in [-0.2, 0) is 11.2 Å². The van der Waals surface area contributed by atoms with Crippen molar-refractivity contribution in [3.63, 3.8) is 0 Å². The molecule has 0 saturated carbocycles. The lowest BCUT2D eigenvalue weighted by Gasteiger charge is -2.05. The smallest absolute Gasteiger partial charge is 0.335 e. The lowest BCUT2D eigenvalue weighted by molar-refractivity contribution is -0.116. The van der Waals surface area contributed by atoms with Gasteiger partial charge in [-0.05, 0) is 48.7 Å². The van der Waals surface area contributed by atoms with Crippen LogP contribution < -0.4 is 5.32 Å². The SMILES string of the molecule is O=C(CCCc1c[nH]c2ccccc12)Nc1ccc(C(=O)O)cc1. The Hall–Kier alpha value is -3.08. The molecule has 0 fully saturated rings. The molecule has 0 aliphatic heterocycles. The molecule has 5 nitrogen and oxygen atoms in total. The highest BCUT2D eigenvalue weighted by Gasteiger charge is 2.07. The van der Waals surface area contributed by atoms with Crippen molar-refractivity contribution in [1.82, 2.24) is 4.98 Å². The predicted molar refractivity (Wildman–Crippen MR) is 93.3 cm³/mol. The molecule has 1 amide bonds. The summed E-state index contributed by atoms with van der Waals surface area (Å²) in [5, 5.41) is 12.8. The number of hydrogen-bond donors (Lipinski definition) is 3. The van der Waals surface area contributed by atoms with Gasteiger partial charge in [-0.3, -0.25) is 4.79 Å². The van der Waals surface area contributed by atoms with Crippen LogP contribution in [0.4, 0.5) is 5.69 Å². The number of aromatic carboxylic acids is 1. The molecule has 0 unspecified atom stereocenters. The van der Waals surface area contributed by atoms with Gasteiger partial charge < -0.3 is 15.4 Å². The number of rotatable bonds is 6. The molecule has 5 heteroatoms. The maximum atomic E-state index is 12.0. The Morgan fingerprint density at radius 2 is 1.79 bits per heavy atom. The van der Waals surface area contributed by atoms with Gasteiger partial charge in [0.05, 0.1) is 5.56 Å². The third-order valence-electron chi connectivity index (χ3n) is 3.94. The van der Waals surface area contributed by atoms with Crippen LogP contribution in [-0.4, -0.2) is 22.0 Å². The third-order valence-corrected chi connectivity index (χ3v) is 3.94. The van der Waals surface area contributed by atoms with Gasteiger partial charge in [0.15, 0.2) is 0 Å². The molecule has 3 rings (SSSR count). The van der Waals surface area contributed by atoms with Crippen molar-refractivity contribution in [2.24, 2.45) is 0 Å². The van der Waals surface area contributed by atoms with Crippen LogP contribution in [0.15, 0.2) is 54.7 Å². The molecule has 122 valence electrons. The summed E-state index contributed by atoms with van der Waals surface area (Å²) in [5.74, 6) is -1.05. The number of aryl methyl sites for hydroxylation is 1. The zero-order valence-corrected chi connectivity index (χ0v) is 13.1. The van der Waals surface area contributed by atoms with Crippen LogP contribution in [0.3, 0.4) is 0 Å². The zero-order valence-electron chi connectivity index (χ0n) is 13.1. The minimum Gasteiger partial charge on any atom is -0.478 e. The Morgan fingerprint density at radius 1 is 1.04 bits per heavy atom. The van der Waals surface area contributed by atoms with Crippen molar-refractivity contribution in [3.05, 3.63) is 65.9 Å². The molecule has 1 heterocycles. The zero-order chi connectivity index (χ0) is 16.9. The Bertz CT molecular complexity index is 866. The molecule has 1 aromatic heterocycles. The Kier molecular flexibility index (Phi) is 4.61.